The Hall–Kier alpha value is -2.17. The van der Waals surface area contributed by atoms with E-state index in [-0.39, 0.29) is 12.0 Å². The van der Waals surface area contributed by atoms with Crippen LogP contribution < -0.4 is 10.5 Å². The van der Waals surface area contributed by atoms with Crippen molar-refractivity contribution >= 4 is 5.95 Å². The van der Waals surface area contributed by atoms with Crippen LogP contribution in [0, 0.1) is 5.92 Å². The summed E-state index contributed by atoms with van der Waals surface area (Å²) >= 11 is 0. The van der Waals surface area contributed by atoms with Crippen LogP contribution in [0.15, 0.2) is 24.3 Å². The minimum absolute atomic E-state index is 0.174. The number of nitrogens with two attached hydrogens (primary N) is 1. The molecule has 0 bridgehead atoms. The molecule has 0 atom stereocenters. The summed E-state index contributed by atoms with van der Waals surface area (Å²) < 4.78 is 5.30. The van der Waals surface area contributed by atoms with E-state index >= 15 is 0 Å². The molecule has 20 heavy (non-hydrogen) atoms. The Labute approximate surface area is 119 Å². The maximum atomic E-state index is 5.70. The second-order valence-corrected chi connectivity index (χ2v) is 5.03. The van der Waals surface area contributed by atoms with Gasteiger partial charge in [0.15, 0.2) is 5.82 Å². The Balaban J connectivity index is 2.35. The van der Waals surface area contributed by atoms with E-state index in [0.717, 1.165) is 12.0 Å². The second-order valence-electron chi connectivity index (χ2n) is 5.03. The lowest BCUT2D eigenvalue weighted by Gasteiger charge is -2.08. The van der Waals surface area contributed by atoms with E-state index in [0.29, 0.717) is 18.3 Å². The van der Waals surface area contributed by atoms with Crippen LogP contribution in [-0.4, -0.2) is 21.6 Å². The van der Waals surface area contributed by atoms with E-state index in [1.165, 1.54) is 5.56 Å². The van der Waals surface area contributed by atoms with Crippen LogP contribution in [0.3, 0.4) is 0 Å². The fourth-order valence-electron chi connectivity index (χ4n) is 2.00. The SMILES string of the molecule is CCOc1nc(N)nc(-c2cccc(CC(C)C)c2)n1. The second kappa shape index (κ2) is 6.32. The third kappa shape index (κ3) is 3.66. The highest BCUT2D eigenvalue weighted by molar-refractivity contribution is 5.57. The number of aromatic nitrogens is 3. The topological polar surface area (TPSA) is 73.9 Å². The van der Waals surface area contributed by atoms with Gasteiger partial charge >= 0.3 is 6.01 Å². The molecular formula is C15H20N4O. The molecule has 0 unspecified atom stereocenters. The van der Waals surface area contributed by atoms with E-state index in [1.807, 2.05) is 19.1 Å². The number of hydrogen-bond donors (Lipinski definition) is 1. The Morgan fingerprint density at radius 2 is 2.00 bits per heavy atom. The van der Waals surface area contributed by atoms with Crippen molar-refractivity contribution < 1.29 is 4.74 Å². The molecule has 1 aromatic carbocycles. The Kier molecular flexibility index (Phi) is 4.50. The molecule has 2 rings (SSSR count). The lowest BCUT2D eigenvalue weighted by atomic mass is 10.0. The summed E-state index contributed by atoms with van der Waals surface area (Å²) in [5.41, 5.74) is 7.89. The first-order chi connectivity index (χ1) is 9.58. The Morgan fingerprint density at radius 1 is 1.20 bits per heavy atom. The maximum absolute atomic E-state index is 5.70. The highest BCUT2D eigenvalue weighted by atomic mass is 16.5. The predicted octanol–water partition coefficient (Wildman–Crippen LogP) is 2.72. The van der Waals surface area contributed by atoms with Crippen molar-refractivity contribution in [3.63, 3.8) is 0 Å². The fourth-order valence-corrected chi connectivity index (χ4v) is 2.00. The standard InChI is InChI=1S/C15H20N4O/c1-4-20-15-18-13(17-14(16)19-15)12-7-5-6-11(9-12)8-10(2)3/h5-7,9-10H,4,8H2,1-3H3,(H2,16,17,18,19). The van der Waals surface area contributed by atoms with Crippen LogP contribution in [0.5, 0.6) is 6.01 Å². The molecule has 0 aliphatic rings. The van der Waals surface area contributed by atoms with Crippen molar-refractivity contribution in [2.45, 2.75) is 27.2 Å². The van der Waals surface area contributed by atoms with Crippen molar-refractivity contribution in [2.75, 3.05) is 12.3 Å². The molecule has 0 saturated heterocycles. The molecule has 0 amide bonds. The van der Waals surface area contributed by atoms with Crippen molar-refractivity contribution in [1.29, 1.82) is 0 Å². The largest absolute Gasteiger partial charge is 0.464 e. The normalized spacial score (nSPS) is 10.8. The van der Waals surface area contributed by atoms with Gasteiger partial charge in [-0.05, 0) is 30.9 Å². The molecule has 2 N–H and O–H groups in total. The van der Waals surface area contributed by atoms with Gasteiger partial charge < -0.3 is 10.5 Å². The Bertz CT molecular complexity index is 584. The molecule has 0 spiro atoms. The van der Waals surface area contributed by atoms with Gasteiger partial charge in [0.05, 0.1) is 6.61 Å². The summed E-state index contributed by atoms with van der Waals surface area (Å²) in [6, 6.07) is 8.44. The first-order valence-electron chi connectivity index (χ1n) is 6.82. The van der Waals surface area contributed by atoms with Crippen LogP contribution in [0.1, 0.15) is 26.3 Å². The number of hydrogen-bond acceptors (Lipinski definition) is 5. The van der Waals surface area contributed by atoms with Gasteiger partial charge in [0.2, 0.25) is 5.95 Å². The van der Waals surface area contributed by atoms with Gasteiger partial charge in [-0.25, -0.2) is 0 Å². The van der Waals surface area contributed by atoms with Gasteiger partial charge in [0.25, 0.3) is 0 Å². The minimum Gasteiger partial charge on any atom is -0.464 e. The summed E-state index contributed by atoms with van der Waals surface area (Å²) in [6.45, 7) is 6.76. The summed E-state index contributed by atoms with van der Waals surface area (Å²) in [5, 5.41) is 0. The molecule has 0 saturated carbocycles. The fraction of sp³-hybridized carbons (Fsp3) is 0.400. The number of nitrogen functional groups attached to an aromatic ring is 1. The average molecular weight is 272 g/mol. The molecule has 1 heterocycles. The molecule has 1 aromatic heterocycles. The van der Waals surface area contributed by atoms with Crippen LogP contribution in [0.2, 0.25) is 0 Å². The van der Waals surface area contributed by atoms with Gasteiger partial charge in [-0.15, -0.1) is 0 Å². The Morgan fingerprint density at radius 3 is 2.70 bits per heavy atom. The number of anilines is 1. The van der Waals surface area contributed by atoms with E-state index in [2.05, 4.69) is 40.9 Å². The molecular weight excluding hydrogens is 252 g/mol. The summed E-state index contributed by atoms with van der Waals surface area (Å²) in [5.74, 6) is 1.33. The summed E-state index contributed by atoms with van der Waals surface area (Å²) in [6.07, 6.45) is 1.02. The third-order valence-electron chi connectivity index (χ3n) is 2.73. The average Bonchev–Trinajstić information content (AvgIpc) is 2.38. The van der Waals surface area contributed by atoms with Crippen LogP contribution in [-0.2, 0) is 6.42 Å². The zero-order valence-corrected chi connectivity index (χ0v) is 12.1. The maximum Gasteiger partial charge on any atom is 0.321 e. The highest BCUT2D eigenvalue weighted by Crippen LogP contribution is 2.20. The lowest BCUT2D eigenvalue weighted by Crippen LogP contribution is -2.05. The lowest BCUT2D eigenvalue weighted by molar-refractivity contribution is 0.312. The molecule has 106 valence electrons. The molecule has 5 nitrogen and oxygen atoms in total. The van der Waals surface area contributed by atoms with Gasteiger partial charge in [-0.2, -0.15) is 15.0 Å². The summed E-state index contributed by atoms with van der Waals surface area (Å²) in [7, 11) is 0. The predicted molar refractivity (Wildman–Crippen MR) is 79.4 cm³/mol. The van der Waals surface area contributed by atoms with E-state index in [4.69, 9.17) is 10.5 Å². The highest BCUT2D eigenvalue weighted by Gasteiger charge is 2.08. The zero-order chi connectivity index (χ0) is 14.5. The molecule has 0 radical (unpaired) electrons. The number of rotatable bonds is 5. The molecule has 2 aromatic rings. The van der Waals surface area contributed by atoms with Crippen LogP contribution in [0.4, 0.5) is 5.95 Å². The van der Waals surface area contributed by atoms with E-state index < -0.39 is 0 Å². The first kappa shape index (κ1) is 14.2. The summed E-state index contributed by atoms with van der Waals surface area (Å²) in [4.78, 5) is 12.4. The van der Waals surface area contributed by atoms with Crippen molar-refractivity contribution in [2.24, 2.45) is 5.92 Å². The number of benzene rings is 1. The van der Waals surface area contributed by atoms with Crippen LogP contribution in [0.25, 0.3) is 11.4 Å². The van der Waals surface area contributed by atoms with Crippen molar-refractivity contribution in [3.05, 3.63) is 29.8 Å². The van der Waals surface area contributed by atoms with Gasteiger partial charge in [-0.1, -0.05) is 32.0 Å². The number of nitrogens with zero attached hydrogens (tertiary/aromatic N) is 3. The van der Waals surface area contributed by atoms with Crippen molar-refractivity contribution in [3.8, 4) is 17.4 Å². The monoisotopic (exact) mass is 272 g/mol. The van der Waals surface area contributed by atoms with Gasteiger partial charge in [-0.3, -0.25) is 0 Å². The quantitative estimate of drug-likeness (QED) is 0.905. The van der Waals surface area contributed by atoms with Gasteiger partial charge in [0.1, 0.15) is 0 Å². The first-order valence-corrected chi connectivity index (χ1v) is 6.82. The molecule has 5 heteroatoms. The molecule has 0 fully saturated rings. The molecule has 0 aliphatic carbocycles. The van der Waals surface area contributed by atoms with E-state index in [1.54, 1.807) is 0 Å². The van der Waals surface area contributed by atoms with Crippen LogP contribution >= 0.6 is 0 Å². The minimum atomic E-state index is 0.174. The molecule has 0 aliphatic heterocycles. The zero-order valence-electron chi connectivity index (χ0n) is 12.1. The van der Waals surface area contributed by atoms with Gasteiger partial charge in [0, 0.05) is 5.56 Å². The third-order valence-corrected chi connectivity index (χ3v) is 2.73. The van der Waals surface area contributed by atoms with Crippen molar-refractivity contribution in [1.82, 2.24) is 15.0 Å². The smallest absolute Gasteiger partial charge is 0.321 e. The number of ether oxygens (including phenoxy) is 1. The van der Waals surface area contributed by atoms with E-state index in [9.17, 15) is 0 Å².